The van der Waals surface area contributed by atoms with E-state index in [1.165, 1.54) is 11.8 Å². The summed E-state index contributed by atoms with van der Waals surface area (Å²) >= 11 is 13.2. The van der Waals surface area contributed by atoms with E-state index < -0.39 is 0 Å². The van der Waals surface area contributed by atoms with Gasteiger partial charge >= 0.3 is 5.97 Å². The predicted octanol–water partition coefficient (Wildman–Crippen LogP) is 4.09. The van der Waals surface area contributed by atoms with Gasteiger partial charge in [0.1, 0.15) is 0 Å². The Labute approximate surface area is 136 Å². The van der Waals surface area contributed by atoms with Crippen LogP contribution in [0.15, 0.2) is 27.8 Å². The highest BCUT2D eigenvalue weighted by Crippen LogP contribution is 2.31. The van der Waals surface area contributed by atoms with E-state index in [4.69, 9.17) is 32.4 Å². The molecule has 2 aromatic rings. The number of thioether (sulfide) groups is 1. The second-order valence-corrected chi connectivity index (χ2v) is 5.79. The number of benzene rings is 1. The number of halogens is 2. The van der Waals surface area contributed by atoms with Gasteiger partial charge in [-0.3, -0.25) is 4.79 Å². The molecule has 21 heavy (non-hydrogen) atoms. The standard InChI is InChI=1S/C13H12Cl2N2O3S/c1-2-19-11(18)5-6-21-13-17-16-12(20-13)9-4-3-8(14)7-10(9)15/h3-4,7H,2,5-6H2,1H3. The summed E-state index contributed by atoms with van der Waals surface area (Å²) in [5.74, 6) is 0.579. The molecule has 0 bridgehead atoms. The third-order valence-electron chi connectivity index (χ3n) is 2.41. The topological polar surface area (TPSA) is 65.2 Å². The molecule has 0 amide bonds. The predicted molar refractivity (Wildman–Crippen MR) is 81.7 cm³/mol. The molecule has 1 heterocycles. The fourth-order valence-corrected chi connectivity index (χ4v) is 2.66. The molecule has 0 radical (unpaired) electrons. The first-order valence-electron chi connectivity index (χ1n) is 6.17. The molecule has 0 fully saturated rings. The lowest BCUT2D eigenvalue weighted by Gasteiger charge is -2.00. The first-order valence-corrected chi connectivity index (χ1v) is 7.91. The molecule has 0 unspecified atom stereocenters. The van der Waals surface area contributed by atoms with Crippen molar-refractivity contribution in [3.8, 4) is 11.5 Å². The van der Waals surface area contributed by atoms with Crippen LogP contribution in [-0.4, -0.2) is 28.5 Å². The zero-order chi connectivity index (χ0) is 15.2. The normalized spacial score (nSPS) is 10.6. The molecule has 0 saturated carbocycles. The van der Waals surface area contributed by atoms with Crippen molar-refractivity contribution in [2.24, 2.45) is 0 Å². The number of nitrogens with zero attached hydrogens (tertiary/aromatic N) is 2. The average molecular weight is 347 g/mol. The van der Waals surface area contributed by atoms with Gasteiger partial charge in [-0.1, -0.05) is 35.0 Å². The maximum Gasteiger partial charge on any atom is 0.306 e. The van der Waals surface area contributed by atoms with E-state index in [0.29, 0.717) is 39.1 Å². The minimum absolute atomic E-state index is 0.245. The highest BCUT2D eigenvalue weighted by Gasteiger charge is 2.13. The van der Waals surface area contributed by atoms with Crippen LogP contribution in [0.3, 0.4) is 0 Å². The Bertz CT molecular complexity index is 634. The van der Waals surface area contributed by atoms with Crippen LogP contribution in [0.25, 0.3) is 11.5 Å². The smallest absolute Gasteiger partial charge is 0.306 e. The van der Waals surface area contributed by atoms with Gasteiger partial charge in [-0.15, -0.1) is 10.2 Å². The third-order valence-corrected chi connectivity index (χ3v) is 3.77. The molecule has 0 atom stereocenters. The van der Waals surface area contributed by atoms with Crippen LogP contribution in [0, 0.1) is 0 Å². The van der Waals surface area contributed by atoms with Gasteiger partial charge in [0.2, 0.25) is 5.89 Å². The quantitative estimate of drug-likeness (QED) is 0.579. The summed E-state index contributed by atoms with van der Waals surface area (Å²) in [6.07, 6.45) is 0.290. The lowest BCUT2D eigenvalue weighted by Crippen LogP contribution is -2.04. The molecule has 1 aromatic heterocycles. The van der Waals surface area contributed by atoms with Crippen LogP contribution >= 0.6 is 35.0 Å². The van der Waals surface area contributed by atoms with Gasteiger partial charge in [-0.05, 0) is 25.1 Å². The lowest BCUT2D eigenvalue weighted by atomic mass is 10.2. The lowest BCUT2D eigenvalue weighted by molar-refractivity contribution is -0.142. The summed E-state index contributed by atoms with van der Waals surface area (Å²) in [4.78, 5) is 11.2. The van der Waals surface area contributed by atoms with Crippen molar-refractivity contribution in [2.75, 3.05) is 12.4 Å². The van der Waals surface area contributed by atoms with E-state index in [0.717, 1.165) is 0 Å². The molecule has 0 aliphatic carbocycles. The molecule has 0 spiro atoms. The van der Waals surface area contributed by atoms with Crippen molar-refractivity contribution in [3.05, 3.63) is 28.2 Å². The zero-order valence-electron chi connectivity index (χ0n) is 11.1. The maximum atomic E-state index is 11.2. The van der Waals surface area contributed by atoms with Crippen LogP contribution in [0.2, 0.25) is 10.0 Å². The second-order valence-electron chi connectivity index (χ2n) is 3.90. The molecule has 112 valence electrons. The largest absolute Gasteiger partial charge is 0.466 e. The Balaban J connectivity index is 1.96. The number of esters is 1. The number of aromatic nitrogens is 2. The van der Waals surface area contributed by atoms with Crippen molar-refractivity contribution < 1.29 is 13.9 Å². The first-order chi connectivity index (χ1) is 10.1. The molecule has 2 rings (SSSR count). The molecule has 0 saturated heterocycles. The minimum atomic E-state index is -0.245. The summed E-state index contributed by atoms with van der Waals surface area (Å²) in [5, 5.41) is 9.18. The van der Waals surface area contributed by atoms with E-state index in [9.17, 15) is 4.79 Å². The van der Waals surface area contributed by atoms with Crippen molar-refractivity contribution in [1.82, 2.24) is 10.2 Å². The highest BCUT2D eigenvalue weighted by atomic mass is 35.5. The van der Waals surface area contributed by atoms with Gasteiger partial charge < -0.3 is 9.15 Å². The Hall–Kier alpha value is -1.24. The molecule has 0 aliphatic heterocycles. The number of hydrogen-bond acceptors (Lipinski definition) is 6. The molecule has 0 N–H and O–H groups in total. The summed E-state index contributed by atoms with van der Waals surface area (Å²) in [6, 6.07) is 5.02. The van der Waals surface area contributed by atoms with Crippen LogP contribution in [0.5, 0.6) is 0 Å². The van der Waals surface area contributed by atoms with Gasteiger partial charge in [-0.2, -0.15) is 0 Å². The van der Waals surface area contributed by atoms with Crippen molar-refractivity contribution >= 4 is 40.9 Å². The van der Waals surface area contributed by atoms with Gasteiger partial charge in [0.05, 0.1) is 23.6 Å². The number of carbonyl (C=O) groups excluding carboxylic acids is 1. The number of hydrogen-bond donors (Lipinski definition) is 0. The van der Waals surface area contributed by atoms with Crippen molar-refractivity contribution in [2.45, 2.75) is 18.6 Å². The Kier molecular flexibility index (Phi) is 5.90. The zero-order valence-corrected chi connectivity index (χ0v) is 13.5. The Morgan fingerprint density at radius 2 is 2.19 bits per heavy atom. The fourth-order valence-electron chi connectivity index (χ4n) is 1.49. The minimum Gasteiger partial charge on any atom is -0.466 e. The number of carbonyl (C=O) groups is 1. The molecule has 1 aromatic carbocycles. The molecule has 0 aliphatic rings. The monoisotopic (exact) mass is 346 g/mol. The Morgan fingerprint density at radius 3 is 2.90 bits per heavy atom. The van der Waals surface area contributed by atoms with Gasteiger partial charge in [0.15, 0.2) is 0 Å². The van der Waals surface area contributed by atoms with E-state index in [-0.39, 0.29) is 12.4 Å². The van der Waals surface area contributed by atoms with Crippen molar-refractivity contribution in [3.63, 3.8) is 0 Å². The highest BCUT2D eigenvalue weighted by molar-refractivity contribution is 7.99. The third kappa shape index (κ3) is 4.62. The van der Waals surface area contributed by atoms with E-state index in [1.807, 2.05) is 0 Å². The van der Waals surface area contributed by atoms with Crippen LogP contribution in [-0.2, 0) is 9.53 Å². The average Bonchev–Trinajstić information content (AvgIpc) is 2.87. The number of rotatable bonds is 6. The van der Waals surface area contributed by atoms with Crippen molar-refractivity contribution in [1.29, 1.82) is 0 Å². The molecular weight excluding hydrogens is 335 g/mol. The van der Waals surface area contributed by atoms with Gasteiger partial charge in [-0.25, -0.2) is 0 Å². The van der Waals surface area contributed by atoms with Crippen LogP contribution < -0.4 is 0 Å². The van der Waals surface area contributed by atoms with Gasteiger partial charge in [0, 0.05) is 10.8 Å². The molecular formula is C13H12Cl2N2O3S. The second kappa shape index (κ2) is 7.68. The maximum absolute atomic E-state index is 11.2. The van der Waals surface area contributed by atoms with Gasteiger partial charge in [0.25, 0.3) is 5.22 Å². The summed E-state index contributed by atoms with van der Waals surface area (Å²) in [5.41, 5.74) is 0.616. The summed E-state index contributed by atoms with van der Waals surface area (Å²) in [7, 11) is 0. The van der Waals surface area contributed by atoms with E-state index in [1.54, 1.807) is 25.1 Å². The summed E-state index contributed by atoms with van der Waals surface area (Å²) < 4.78 is 10.3. The number of ether oxygens (including phenoxy) is 1. The molecule has 5 nitrogen and oxygen atoms in total. The Morgan fingerprint density at radius 1 is 1.38 bits per heavy atom. The fraction of sp³-hybridized carbons (Fsp3) is 0.308. The first kappa shape index (κ1) is 16.1. The van der Waals surface area contributed by atoms with E-state index in [2.05, 4.69) is 10.2 Å². The SMILES string of the molecule is CCOC(=O)CCSc1nnc(-c2ccc(Cl)cc2Cl)o1. The van der Waals surface area contributed by atoms with Crippen LogP contribution in [0.1, 0.15) is 13.3 Å². The molecule has 8 heteroatoms. The van der Waals surface area contributed by atoms with Crippen LogP contribution in [0.4, 0.5) is 0 Å². The summed E-state index contributed by atoms with van der Waals surface area (Å²) in [6.45, 7) is 2.15. The van der Waals surface area contributed by atoms with E-state index >= 15 is 0 Å².